The van der Waals surface area contributed by atoms with E-state index in [0.717, 1.165) is 12.8 Å². The number of nitrogens with zero attached hydrogens (tertiary/aromatic N) is 2. The van der Waals surface area contributed by atoms with Gasteiger partial charge in [0, 0.05) is 19.3 Å². The van der Waals surface area contributed by atoms with E-state index >= 15 is 0 Å². The molecular weight excluding hydrogens is 224 g/mol. The van der Waals surface area contributed by atoms with Crippen molar-refractivity contribution in [3.05, 3.63) is 23.6 Å². The molecule has 0 bridgehead atoms. The van der Waals surface area contributed by atoms with Gasteiger partial charge in [0.1, 0.15) is 0 Å². The third-order valence-electron chi connectivity index (χ3n) is 2.55. The minimum absolute atomic E-state index is 0.0190. The van der Waals surface area contributed by atoms with Crippen LogP contribution in [0.4, 0.5) is 23.4 Å². The van der Waals surface area contributed by atoms with Crippen molar-refractivity contribution in [3.63, 3.8) is 0 Å². The first-order valence-electron chi connectivity index (χ1n) is 4.96. The Morgan fingerprint density at radius 1 is 1.19 bits per heavy atom. The minimum Gasteiger partial charge on any atom is -0.354 e. The van der Waals surface area contributed by atoms with Gasteiger partial charge in [-0.1, -0.05) is 0 Å². The Morgan fingerprint density at radius 2 is 1.81 bits per heavy atom. The van der Waals surface area contributed by atoms with Gasteiger partial charge in [0.05, 0.1) is 5.56 Å². The van der Waals surface area contributed by atoms with Gasteiger partial charge in [-0.3, -0.25) is 0 Å². The molecule has 1 fully saturated rings. The zero-order valence-electron chi connectivity index (χ0n) is 8.39. The Morgan fingerprint density at radius 3 is 2.31 bits per heavy atom. The van der Waals surface area contributed by atoms with Crippen molar-refractivity contribution in [3.8, 4) is 0 Å². The van der Waals surface area contributed by atoms with Gasteiger partial charge in [0.25, 0.3) is 0 Å². The second kappa shape index (κ2) is 3.92. The molecule has 1 aliphatic heterocycles. The summed E-state index contributed by atoms with van der Waals surface area (Å²) in [6.45, 7) is 1.30. The number of pyridine rings is 1. The number of aromatic nitrogens is 1. The maximum absolute atomic E-state index is 13.4. The lowest BCUT2D eigenvalue weighted by Crippen LogP contribution is -2.21. The van der Waals surface area contributed by atoms with Crippen LogP contribution >= 0.6 is 0 Å². The molecular formula is C10H10F4N2. The highest BCUT2D eigenvalue weighted by molar-refractivity contribution is 5.42. The third kappa shape index (κ3) is 2.10. The van der Waals surface area contributed by atoms with Crippen LogP contribution in [0.5, 0.6) is 0 Å². The molecule has 1 aliphatic rings. The predicted octanol–water partition coefficient (Wildman–Crippen LogP) is 2.84. The van der Waals surface area contributed by atoms with E-state index in [2.05, 4.69) is 4.98 Å². The maximum atomic E-state index is 13.4. The second-order valence-electron chi connectivity index (χ2n) is 3.72. The SMILES string of the molecule is Fc1cc(C(F)(F)F)cnc1N1CCCC1. The number of hydrogen-bond donors (Lipinski definition) is 0. The summed E-state index contributed by atoms with van der Waals surface area (Å²) in [6, 6.07) is 0.501. The Kier molecular flexibility index (Phi) is 2.73. The molecule has 0 radical (unpaired) electrons. The van der Waals surface area contributed by atoms with Crippen LogP contribution in [0.2, 0.25) is 0 Å². The van der Waals surface area contributed by atoms with E-state index in [4.69, 9.17) is 0 Å². The topological polar surface area (TPSA) is 16.1 Å². The molecule has 0 spiro atoms. The fraction of sp³-hybridized carbons (Fsp3) is 0.500. The quantitative estimate of drug-likeness (QED) is 0.694. The molecule has 0 saturated carbocycles. The summed E-state index contributed by atoms with van der Waals surface area (Å²) in [5, 5.41) is 0. The van der Waals surface area contributed by atoms with Crippen LogP contribution in [0.15, 0.2) is 12.3 Å². The number of alkyl halides is 3. The molecule has 1 aromatic heterocycles. The Labute approximate surface area is 89.9 Å². The van der Waals surface area contributed by atoms with Crippen molar-refractivity contribution < 1.29 is 17.6 Å². The summed E-state index contributed by atoms with van der Waals surface area (Å²) in [5.41, 5.74) is -1.05. The van der Waals surface area contributed by atoms with Crippen LogP contribution in [-0.2, 0) is 6.18 Å². The molecule has 2 rings (SSSR count). The lowest BCUT2D eigenvalue weighted by Gasteiger charge is -2.17. The number of halogens is 4. The van der Waals surface area contributed by atoms with Crippen molar-refractivity contribution >= 4 is 5.82 Å². The molecule has 88 valence electrons. The minimum atomic E-state index is -4.54. The lowest BCUT2D eigenvalue weighted by molar-refractivity contribution is -0.138. The summed E-state index contributed by atoms with van der Waals surface area (Å²) in [4.78, 5) is 5.22. The lowest BCUT2D eigenvalue weighted by atomic mass is 10.2. The van der Waals surface area contributed by atoms with E-state index in [1.165, 1.54) is 0 Å². The molecule has 0 aliphatic carbocycles. The summed E-state index contributed by atoms with van der Waals surface area (Å²) >= 11 is 0. The predicted molar refractivity (Wildman–Crippen MR) is 50.6 cm³/mol. The fourth-order valence-corrected chi connectivity index (χ4v) is 1.75. The molecule has 0 aromatic carbocycles. The highest BCUT2D eigenvalue weighted by Gasteiger charge is 2.32. The first kappa shape index (κ1) is 11.2. The normalized spacial score (nSPS) is 16.9. The van der Waals surface area contributed by atoms with Gasteiger partial charge in [0.15, 0.2) is 11.6 Å². The fourth-order valence-electron chi connectivity index (χ4n) is 1.75. The van der Waals surface area contributed by atoms with Crippen LogP contribution in [0.3, 0.4) is 0 Å². The first-order chi connectivity index (χ1) is 7.48. The highest BCUT2D eigenvalue weighted by atomic mass is 19.4. The van der Waals surface area contributed by atoms with Crippen molar-refractivity contribution in [2.24, 2.45) is 0 Å². The van der Waals surface area contributed by atoms with Gasteiger partial charge in [-0.25, -0.2) is 9.37 Å². The maximum Gasteiger partial charge on any atom is 0.417 e. The van der Waals surface area contributed by atoms with Gasteiger partial charge in [0.2, 0.25) is 0 Å². The highest BCUT2D eigenvalue weighted by Crippen LogP contribution is 2.31. The molecule has 0 unspecified atom stereocenters. The van der Waals surface area contributed by atoms with Gasteiger partial charge in [-0.05, 0) is 18.9 Å². The van der Waals surface area contributed by atoms with Crippen molar-refractivity contribution in [2.75, 3.05) is 18.0 Å². The van der Waals surface area contributed by atoms with E-state index in [-0.39, 0.29) is 5.82 Å². The molecule has 1 saturated heterocycles. The molecule has 2 nitrogen and oxygen atoms in total. The third-order valence-corrected chi connectivity index (χ3v) is 2.55. The van der Waals surface area contributed by atoms with Crippen molar-refractivity contribution in [2.45, 2.75) is 19.0 Å². The smallest absolute Gasteiger partial charge is 0.354 e. The standard InChI is InChI=1S/C10H10F4N2/c11-8-5-7(10(12,13)14)6-15-9(8)16-3-1-2-4-16/h5-6H,1-4H2. The van der Waals surface area contributed by atoms with Crippen LogP contribution in [0.1, 0.15) is 18.4 Å². The monoisotopic (exact) mass is 234 g/mol. The van der Waals surface area contributed by atoms with E-state index in [9.17, 15) is 17.6 Å². The first-order valence-corrected chi connectivity index (χ1v) is 4.96. The molecule has 6 heteroatoms. The number of anilines is 1. The zero-order valence-corrected chi connectivity index (χ0v) is 8.39. The molecule has 16 heavy (non-hydrogen) atoms. The number of hydrogen-bond acceptors (Lipinski definition) is 2. The van der Waals surface area contributed by atoms with Crippen molar-refractivity contribution in [1.29, 1.82) is 0 Å². The van der Waals surface area contributed by atoms with Crippen molar-refractivity contribution in [1.82, 2.24) is 4.98 Å². The summed E-state index contributed by atoms with van der Waals surface area (Å²) in [7, 11) is 0. The second-order valence-corrected chi connectivity index (χ2v) is 3.72. The Hall–Kier alpha value is -1.33. The molecule has 0 N–H and O–H groups in total. The van der Waals surface area contributed by atoms with Gasteiger partial charge < -0.3 is 4.90 Å². The van der Waals surface area contributed by atoms with E-state index in [0.29, 0.717) is 25.4 Å². The molecule has 2 heterocycles. The average Bonchev–Trinajstić information content (AvgIpc) is 2.69. The van der Waals surface area contributed by atoms with E-state index in [1.54, 1.807) is 4.90 Å². The zero-order chi connectivity index (χ0) is 11.8. The van der Waals surface area contributed by atoms with Gasteiger partial charge in [-0.15, -0.1) is 0 Å². The average molecular weight is 234 g/mol. The molecule has 0 amide bonds. The van der Waals surface area contributed by atoms with Gasteiger partial charge >= 0.3 is 6.18 Å². The Bertz CT molecular complexity index is 383. The summed E-state index contributed by atoms with van der Waals surface area (Å²) < 4.78 is 50.2. The van der Waals surface area contributed by atoms with E-state index < -0.39 is 17.6 Å². The largest absolute Gasteiger partial charge is 0.417 e. The van der Waals surface area contributed by atoms with Crippen LogP contribution in [0, 0.1) is 5.82 Å². The van der Waals surface area contributed by atoms with Crippen LogP contribution in [-0.4, -0.2) is 18.1 Å². The van der Waals surface area contributed by atoms with Crippen LogP contribution < -0.4 is 4.90 Å². The molecule has 0 atom stereocenters. The van der Waals surface area contributed by atoms with E-state index in [1.807, 2.05) is 0 Å². The Balaban J connectivity index is 2.29. The summed E-state index contributed by atoms with van der Waals surface area (Å²) in [6.07, 6.45) is -2.03. The summed E-state index contributed by atoms with van der Waals surface area (Å²) in [5.74, 6) is -0.887. The van der Waals surface area contributed by atoms with Gasteiger partial charge in [-0.2, -0.15) is 13.2 Å². The van der Waals surface area contributed by atoms with Crippen LogP contribution in [0.25, 0.3) is 0 Å². The number of rotatable bonds is 1. The molecule has 1 aromatic rings.